The van der Waals surface area contributed by atoms with Gasteiger partial charge in [0.1, 0.15) is 0 Å². The van der Waals surface area contributed by atoms with E-state index in [1.165, 1.54) is 25.7 Å². The first-order chi connectivity index (χ1) is 5.35. The van der Waals surface area contributed by atoms with Crippen molar-refractivity contribution in [1.82, 2.24) is 5.32 Å². The first-order valence-electron chi connectivity index (χ1n) is 4.63. The van der Waals surface area contributed by atoms with Gasteiger partial charge in [-0.2, -0.15) is 0 Å². The number of hydrogen-bond donors (Lipinski definition) is 1. The predicted molar refractivity (Wildman–Crippen MR) is 51.8 cm³/mol. The van der Waals surface area contributed by atoms with E-state index in [0.717, 1.165) is 6.54 Å². The molecule has 1 N–H and O–H groups in total. The smallest absolute Gasteiger partial charge is 0.00146 e. The minimum absolute atomic E-state index is 1.11. The molecule has 0 amide bonds. The number of unbranched alkanes of at least 4 members (excludes halogenated alkanes) is 1. The Hall–Kier alpha value is -0.300. The number of rotatable bonds is 6. The molecule has 0 aromatic carbocycles. The summed E-state index contributed by atoms with van der Waals surface area (Å²) in [5.41, 5.74) is 1.60. The monoisotopic (exact) mass is 155 g/mol. The first kappa shape index (κ1) is 10.7. The Morgan fingerprint density at radius 1 is 1.36 bits per heavy atom. The first-order valence-corrected chi connectivity index (χ1v) is 4.63. The van der Waals surface area contributed by atoms with Gasteiger partial charge in [0.25, 0.3) is 0 Å². The average molecular weight is 155 g/mol. The fraction of sp³-hybridized carbons (Fsp3) is 0.800. The third-order valence-electron chi connectivity index (χ3n) is 1.96. The quantitative estimate of drug-likeness (QED) is 0.582. The molecule has 0 unspecified atom stereocenters. The molecule has 11 heavy (non-hydrogen) atoms. The van der Waals surface area contributed by atoms with E-state index < -0.39 is 0 Å². The highest BCUT2D eigenvalue weighted by Gasteiger charge is 1.93. The molecule has 0 spiro atoms. The average Bonchev–Trinajstić information content (AvgIpc) is 2.05. The van der Waals surface area contributed by atoms with Gasteiger partial charge in [0.05, 0.1) is 0 Å². The van der Waals surface area contributed by atoms with Gasteiger partial charge in [0.15, 0.2) is 0 Å². The normalized spacial score (nSPS) is 12.1. The van der Waals surface area contributed by atoms with E-state index in [-0.39, 0.29) is 0 Å². The van der Waals surface area contributed by atoms with Crippen LogP contribution >= 0.6 is 0 Å². The van der Waals surface area contributed by atoms with Gasteiger partial charge in [0, 0.05) is 0 Å². The summed E-state index contributed by atoms with van der Waals surface area (Å²) in [5.74, 6) is 0. The fourth-order valence-electron chi connectivity index (χ4n) is 1.10. The maximum atomic E-state index is 3.17. The minimum Gasteiger partial charge on any atom is -0.319 e. The molecule has 0 rings (SSSR count). The van der Waals surface area contributed by atoms with E-state index >= 15 is 0 Å². The van der Waals surface area contributed by atoms with Crippen LogP contribution in [-0.2, 0) is 0 Å². The van der Waals surface area contributed by atoms with E-state index in [4.69, 9.17) is 0 Å². The van der Waals surface area contributed by atoms with Crippen LogP contribution in [-0.4, -0.2) is 13.6 Å². The van der Waals surface area contributed by atoms with E-state index in [0.29, 0.717) is 0 Å². The summed E-state index contributed by atoms with van der Waals surface area (Å²) in [4.78, 5) is 0. The Kier molecular flexibility index (Phi) is 7.59. The van der Waals surface area contributed by atoms with E-state index in [2.05, 4.69) is 25.2 Å². The zero-order valence-electron chi connectivity index (χ0n) is 8.11. The van der Waals surface area contributed by atoms with Gasteiger partial charge in [-0.25, -0.2) is 0 Å². The van der Waals surface area contributed by atoms with Gasteiger partial charge >= 0.3 is 0 Å². The summed E-state index contributed by atoms with van der Waals surface area (Å²) in [6.07, 6.45) is 7.40. The zero-order valence-corrected chi connectivity index (χ0v) is 8.11. The Labute approximate surface area is 70.9 Å². The van der Waals surface area contributed by atoms with Crippen LogP contribution < -0.4 is 5.32 Å². The van der Waals surface area contributed by atoms with Gasteiger partial charge in [-0.1, -0.05) is 25.0 Å². The van der Waals surface area contributed by atoms with Gasteiger partial charge in [0.2, 0.25) is 0 Å². The molecule has 0 aliphatic carbocycles. The van der Waals surface area contributed by atoms with Crippen molar-refractivity contribution in [3.8, 4) is 0 Å². The van der Waals surface area contributed by atoms with Crippen molar-refractivity contribution in [3.05, 3.63) is 11.6 Å². The highest BCUT2D eigenvalue weighted by Crippen LogP contribution is 2.09. The Balaban J connectivity index is 3.43. The van der Waals surface area contributed by atoms with Gasteiger partial charge in [-0.05, 0) is 39.8 Å². The van der Waals surface area contributed by atoms with Crippen molar-refractivity contribution >= 4 is 0 Å². The highest BCUT2D eigenvalue weighted by molar-refractivity contribution is 5.00. The molecule has 0 aliphatic rings. The van der Waals surface area contributed by atoms with Crippen LogP contribution in [0.2, 0.25) is 0 Å². The topological polar surface area (TPSA) is 12.0 Å². The molecular formula is C10H21N. The highest BCUT2D eigenvalue weighted by atomic mass is 14.8. The summed E-state index contributed by atoms with van der Waals surface area (Å²) in [6.45, 7) is 5.50. The molecule has 0 saturated heterocycles. The van der Waals surface area contributed by atoms with Crippen molar-refractivity contribution in [1.29, 1.82) is 0 Å². The van der Waals surface area contributed by atoms with E-state index in [1.54, 1.807) is 5.57 Å². The molecule has 0 saturated carbocycles. The van der Waals surface area contributed by atoms with Crippen LogP contribution in [0.5, 0.6) is 0 Å². The Morgan fingerprint density at radius 3 is 2.55 bits per heavy atom. The molecular weight excluding hydrogens is 134 g/mol. The molecule has 0 heterocycles. The molecule has 0 aliphatic heterocycles. The molecule has 0 bridgehead atoms. The lowest BCUT2D eigenvalue weighted by Crippen LogP contribution is -2.08. The van der Waals surface area contributed by atoms with Crippen molar-refractivity contribution in [3.63, 3.8) is 0 Å². The van der Waals surface area contributed by atoms with E-state index in [9.17, 15) is 0 Å². The third-order valence-corrected chi connectivity index (χ3v) is 1.96. The van der Waals surface area contributed by atoms with Crippen molar-refractivity contribution in [2.45, 2.75) is 39.5 Å². The Morgan fingerprint density at radius 2 is 2.09 bits per heavy atom. The SMILES string of the molecule is C/C=C(/CCCC)CCNC. The van der Waals surface area contributed by atoms with Crippen LogP contribution in [0.25, 0.3) is 0 Å². The molecule has 0 atom stereocenters. The Bertz CT molecular complexity index is 95.4. The molecule has 66 valence electrons. The van der Waals surface area contributed by atoms with Crippen LogP contribution in [0.3, 0.4) is 0 Å². The van der Waals surface area contributed by atoms with Crippen LogP contribution in [0, 0.1) is 0 Å². The van der Waals surface area contributed by atoms with Crippen molar-refractivity contribution in [2.75, 3.05) is 13.6 Å². The second-order valence-corrected chi connectivity index (χ2v) is 2.90. The van der Waals surface area contributed by atoms with Crippen molar-refractivity contribution in [2.24, 2.45) is 0 Å². The lowest BCUT2D eigenvalue weighted by atomic mass is 10.1. The van der Waals surface area contributed by atoms with Crippen LogP contribution in [0.1, 0.15) is 39.5 Å². The maximum Gasteiger partial charge on any atom is -0.00146 e. The summed E-state index contributed by atoms with van der Waals surface area (Å²) in [5, 5.41) is 3.17. The van der Waals surface area contributed by atoms with Crippen molar-refractivity contribution < 1.29 is 0 Å². The van der Waals surface area contributed by atoms with Crippen LogP contribution in [0.4, 0.5) is 0 Å². The second kappa shape index (κ2) is 7.80. The summed E-state index contributed by atoms with van der Waals surface area (Å²) >= 11 is 0. The maximum absolute atomic E-state index is 3.17. The zero-order chi connectivity index (χ0) is 8.53. The molecule has 0 aromatic rings. The van der Waals surface area contributed by atoms with Gasteiger partial charge in [-0.15, -0.1) is 0 Å². The standard InChI is InChI=1S/C10H21N/c1-4-6-7-10(5-2)8-9-11-3/h5,11H,4,6-9H2,1-3H3/b10-5-. The third kappa shape index (κ3) is 6.11. The van der Waals surface area contributed by atoms with E-state index in [1.807, 2.05) is 7.05 Å². The lowest BCUT2D eigenvalue weighted by molar-refractivity contribution is 0.716. The molecule has 0 fully saturated rings. The number of allylic oxidation sites excluding steroid dienone is 1. The summed E-state index contributed by atoms with van der Waals surface area (Å²) < 4.78 is 0. The predicted octanol–water partition coefficient (Wildman–Crippen LogP) is 2.73. The molecule has 1 nitrogen and oxygen atoms in total. The molecule has 0 aromatic heterocycles. The van der Waals surface area contributed by atoms with Gasteiger partial charge in [-0.3, -0.25) is 0 Å². The molecule has 1 heteroatoms. The van der Waals surface area contributed by atoms with Crippen LogP contribution in [0.15, 0.2) is 11.6 Å². The minimum atomic E-state index is 1.11. The second-order valence-electron chi connectivity index (χ2n) is 2.90. The largest absolute Gasteiger partial charge is 0.319 e. The number of nitrogens with one attached hydrogen (secondary N) is 1. The fourth-order valence-corrected chi connectivity index (χ4v) is 1.10. The summed E-state index contributed by atoms with van der Waals surface area (Å²) in [6, 6.07) is 0. The molecule has 0 radical (unpaired) electrons. The summed E-state index contributed by atoms with van der Waals surface area (Å²) in [7, 11) is 2.01. The number of hydrogen-bond acceptors (Lipinski definition) is 1. The lowest BCUT2D eigenvalue weighted by Gasteiger charge is -2.04. The van der Waals surface area contributed by atoms with Gasteiger partial charge < -0.3 is 5.32 Å².